The number of rotatable bonds is 5. The molecule has 6 heteroatoms. The number of nitrogens with two attached hydrogens (primary N) is 1. The number of hydrogen-bond donors (Lipinski definition) is 1. The van der Waals surface area contributed by atoms with Gasteiger partial charge in [0.1, 0.15) is 14.9 Å². The first-order valence-electron chi connectivity index (χ1n) is 6.02. The highest BCUT2D eigenvalue weighted by atomic mass is 32.2. The third-order valence-corrected chi connectivity index (χ3v) is 5.24. The normalized spacial score (nSPS) is 14.8. The van der Waals surface area contributed by atoms with Crippen molar-refractivity contribution in [2.75, 3.05) is 17.8 Å². The highest BCUT2D eigenvalue weighted by Crippen LogP contribution is 2.27. The third-order valence-electron chi connectivity index (χ3n) is 3.00. The van der Waals surface area contributed by atoms with Crippen LogP contribution < -0.4 is 5.73 Å². The first-order valence-corrected chi connectivity index (χ1v) is 9.06. The Morgan fingerprint density at radius 3 is 2.89 bits per heavy atom. The summed E-state index contributed by atoms with van der Waals surface area (Å²) in [7, 11) is -2.91. The van der Waals surface area contributed by atoms with Crippen LogP contribution in [0.25, 0.3) is 0 Å². The first-order chi connectivity index (χ1) is 8.49. The smallest absolute Gasteiger partial charge is 0.148 e. The Bertz CT molecular complexity index is 541. The lowest BCUT2D eigenvalue weighted by molar-refractivity contribution is 0.603. The van der Waals surface area contributed by atoms with E-state index in [1.807, 2.05) is 0 Å². The van der Waals surface area contributed by atoms with E-state index in [0.29, 0.717) is 12.3 Å². The highest BCUT2D eigenvalue weighted by Gasteiger charge is 2.16. The predicted molar refractivity (Wildman–Crippen MR) is 74.6 cm³/mol. The van der Waals surface area contributed by atoms with Crippen LogP contribution in [0.1, 0.15) is 23.2 Å². The summed E-state index contributed by atoms with van der Waals surface area (Å²) < 4.78 is 22.2. The van der Waals surface area contributed by atoms with E-state index in [0.717, 1.165) is 35.5 Å². The van der Waals surface area contributed by atoms with Crippen molar-refractivity contribution in [2.24, 2.45) is 5.73 Å². The molecule has 1 aliphatic carbocycles. The number of fused-ring (bicyclic) bond motifs is 1. The second-order valence-electron chi connectivity index (χ2n) is 4.59. The minimum absolute atomic E-state index is 0.181. The van der Waals surface area contributed by atoms with Gasteiger partial charge in [0.05, 0.1) is 5.75 Å². The molecule has 0 spiro atoms. The van der Waals surface area contributed by atoms with Crippen molar-refractivity contribution in [3.63, 3.8) is 0 Å². The summed E-state index contributed by atoms with van der Waals surface area (Å²) in [5, 5.41) is 0.904. The summed E-state index contributed by atoms with van der Waals surface area (Å²) in [6, 6.07) is 2.14. The van der Waals surface area contributed by atoms with Crippen LogP contribution in [0.15, 0.2) is 11.1 Å². The van der Waals surface area contributed by atoms with Crippen LogP contribution in [0.2, 0.25) is 0 Å². The van der Waals surface area contributed by atoms with Crippen molar-refractivity contribution in [2.45, 2.75) is 30.8 Å². The van der Waals surface area contributed by atoms with E-state index in [2.05, 4.69) is 11.1 Å². The maximum Gasteiger partial charge on any atom is 0.148 e. The second kappa shape index (κ2) is 5.59. The van der Waals surface area contributed by atoms with Gasteiger partial charge in [-0.25, -0.2) is 13.4 Å². The van der Waals surface area contributed by atoms with E-state index >= 15 is 0 Å². The number of pyridine rings is 1. The molecular formula is C12H18N2O2S2. The van der Waals surface area contributed by atoms with Crippen molar-refractivity contribution >= 4 is 21.6 Å². The van der Waals surface area contributed by atoms with E-state index < -0.39 is 9.84 Å². The summed E-state index contributed by atoms with van der Waals surface area (Å²) in [4.78, 5) is 4.63. The van der Waals surface area contributed by atoms with Gasteiger partial charge < -0.3 is 5.73 Å². The largest absolute Gasteiger partial charge is 0.326 e. The topological polar surface area (TPSA) is 73.0 Å². The summed E-state index contributed by atoms with van der Waals surface area (Å²) in [5.41, 5.74) is 9.24. The van der Waals surface area contributed by atoms with Gasteiger partial charge in [-0.3, -0.25) is 0 Å². The van der Waals surface area contributed by atoms with E-state index in [4.69, 9.17) is 5.73 Å². The molecule has 0 saturated carbocycles. The van der Waals surface area contributed by atoms with E-state index in [1.165, 1.54) is 23.6 Å². The minimum atomic E-state index is -2.91. The third kappa shape index (κ3) is 3.46. The van der Waals surface area contributed by atoms with Gasteiger partial charge in [0.2, 0.25) is 0 Å². The molecule has 1 aromatic rings. The van der Waals surface area contributed by atoms with Crippen LogP contribution in [0, 0.1) is 0 Å². The molecule has 0 bridgehead atoms. The zero-order valence-corrected chi connectivity index (χ0v) is 12.1. The van der Waals surface area contributed by atoms with Gasteiger partial charge in [0.15, 0.2) is 0 Å². The van der Waals surface area contributed by atoms with Gasteiger partial charge in [-0.05, 0) is 30.4 Å². The highest BCUT2D eigenvalue weighted by molar-refractivity contribution is 8.00. The molecule has 0 aromatic carbocycles. The van der Waals surface area contributed by atoms with Crippen LogP contribution in [-0.2, 0) is 29.2 Å². The van der Waals surface area contributed by atoms with Crippen LogP contribution in [-0.4, -0.2) is 31.2 Å². The quantitative estimate of drug-likeness (QED) is 0.822. The minimum Gasteiger partial charge on any atom is -0.326 e. The van der Waals surface area contributed by atoms with Crippen molar-refractivity contribution in [1.29, 1.82) is 0 Å². The molecule has 1 aliphatic rings. The number of thioether (sulfide) groups is 1. The van der Waals surface area contributed by atoms with Gasteiger partial charge in [-0.2, -0.15) is 0 Å². The lowest BCUT2D eigenvalue weighted by Crippen LogP contribution is -2.07. The van der Waals surface area contributed by atoms with Crippen LogP contribution in [0.4, 0.5) is 0 Å². The maximum absolute atomic E-state index is 11.1. The molecule has 1 heterocycles. The Morgan fingerprint density at radius 1 is 1.44 bits per heavy atom. The molecule has 18 heavy (non-hydrogen) atoms. The monoisotopic (exact) mass is 286 g/mol. The predicted octanol–water partition coefficient (Wildman–Crippen LogP) is 1.17. The summed E-state index contributed by atoms with van der Waals surface area (Å²) in [6.07, 6.45) is 4.53. The Labute approximate surface area is 112 Å². The Balaban J connectivity index is 2.12. The Hall–Kier alpha value is -0.590. The van der Waals surface area contributed by atoms with E-state index in [1.54, 1.807) is 0 Å². The molecule has 0 unspecified atom stereocenters. The fraction of sp³-hybridized carbons (Fsp3) is 0.583. The van der Waals surface area contributed by atoms with Crippen LogP contribution >= 0.6 is 11.8 Å². The van der Waals surface area contributed by atoms with Gasteiger partial charge in [0, 0.05) is 24.2 Å². The number of aromatic nitrogens is 1. The molecule has 0 atom stereocenters. The lowest BCUT2D eigenvalue weighted by Gasteiger charge is -2.09. The molecule has 100 valence electrons. The van der Waals surface area contributed by atoms with Gasteiger partial charge in [-0.1, -0.05) is 6.07 Å². The van der Waals surface area contributed by atoms with Crippen molar-refractivity contribution < 1.29 is 8.42 Å². The van der Waals surface area contributed by atoms with E-state index in [9.17, 15) is 8.42 Å². The van der Waals surface area contributed by atoms with Gasteiger partial charge >= 0.3 is 0 Å². The molecule has 4 nitrogen and oxygen atoms in total. The van der Waals surface area contributed by atoms with Crippen molar-refractivity contribution in [1.82, 2.24) is 4.98 Å². The van der Waals surface area contributed by atoms with E-state index in [-0.39, 0.29) is 5.75 Å². The number of nitrogens with zero attached hydrogens (tertiary/aromatic N) is 1. The van der Waals surface area contributed by atoms with Gasteiger partial charge in [0.25, 0.3) is 0 Å². The molecule has 0 amide bonds. The Kier molecular flexibility index (Phi) is 4.29. The molecule has 0 fully saturated rings. The molecular weight excluding hydrogens is 268 g/mol. The van der Waals surface area contributed by atoms with Crippen LogP contribution in [0.3, 0.4) is 0 Å². The fourth-order valence-corrected chi connectivity index (χ4v) is 4.30. The number of aryl methyl sites for hydroxylation is 2. The average Bonchev–Trinajstić information content (AvgIpc) is 2.73. The fourth-order valence-electron chi connectivity index (χ4n) is 2.06. The van der Waals surface area contributed by atoms with Gasteiger partial charge in [-0.15, -0.1) is 11.8 Å². The molecule has 1 aromatic heterocycles. The zero-order chi connectivity index (χ0) is 13.2. The molecule has 0 radical (unpaired) electrons. The molecule has 2 N–H and O–H groups in total. The number of sulfone groups is 1. The van der Waals surface area contributed by atoms with Crippen molar-refractivity contribution in [3.8, 4) is 0 Å². The summed E-state index contributed by atoms with van der Waals surface area (Å²) >= 11 is 1.49. The number of hydrogen-bond acceptors (Lipinski definition) is 5. The molecule has 0 saturated heterocycles. The molecule has 0 aliphatic heterocycles. The zero-order valence-electron chi connectivity index (χ0n) is 10.5. The summed E-state index contributed by atoms with van der Waals surface area (Å²) in [5.74, 6) is 0.720. The first kappa shape index (κ1) is 13.8. The Morgan fingerprint density at radius 2 is 2.22 bits per heavy atom. The van der Waals surface area contributed by atoms with Crippen LogP contribution in [0.5, 0.6) is 0 Å². The van der Waals surface area contributed by atoms with Crippen molar-refractivity contribution in [3.05, 3.63) is 22.9 Å². The summed E-state index contributed by atoms with van der Waals surface area (Å²) in [6.45, 7) is 0.460. The SMILES string of the molecule is CS(=O)(=O)CCSc1nc2c(cc1CN)CCC2. The second-order valence-corrected chi connectivity index (χ2v) is 7.94. The average molecular weight is 286 g/mol. The molecule has 2 rings (SSSR count). The maximum atomic E-state index is 11.1. The lowest BCUT2D eigenvalue weighted by atomic mass is 10.1. The standard InChI is InChI=1S/C12H18N2O2S2/c1-18(15,16)6-5-17-12-10(8-13)7-9-3-2-4-11(9)14-12/h7H,2-6,8,13H2,1H3.